The molecule has 0 radical (unpaired) electrons. The number of nitrogens with two attached hydrogens (primary N) is 1. The fraction of sp³-hybridized carbons (Fsp3) is 0.500. The van der Waals surface area contributed by atoms with E-state index in [0.717, 1.165) is 18.2 Å². The van der Waals surface area contributed by atoms with Crippen LogP contribution in [0.2, 0.25) is 0 Å². The first kappa shape index (κ1) is 11.1. The molecule has 1 aliphatic carbocycles. The maximum Gasteiger partial charge on any atom is 0.119 e. The zero-order chi connectivity index (χ0) is 10.4. The molecule has 0 atom stereocenters. The molecule has 78 valence electrons. The maximum absolute atomic E-state index is 5.13. The van der Waals surface area contributed by atoms with Crippen LogP contribution in [0.25, 0.3) is 0 Å². The SMILES string of the molecule is CCN.COc1cccc(C2CC2)c1. The second-order valence-corrected chi connectivity index (χ2v) is 3.46. The van der Waals surface area contributed by atoms with Gasteiger partial charge in [-0.25, -0.2) is 0 Å². The highest BCUT2D eigenvalue weighted by Gasteiger charge is 2.23. The third-order valence-electron chi connectivity index (χ3n) is 2.14. The van der Waals surface area contributed by atoms with E-state index in [1.807, 2.05) is 13.0 Å². The lowest BCUT2D eigenvalue weighted by molar-refractivity contribution is 0.414. The molecular weight excluding hydrogens is 174 g/mol. The van der Waals surface area contributed by atoms with Crippen LogP contribution in [0.15, 0.2) is 24.3 Å². The first-order valence-electron chi connectivity index (χ1n) is 5.15. The van der Waals surface area contributed by atoms with Crippen LogP contribution in [0.4, 0.5) is 0 Å². The van der Waals surface area contributed by atoms with Crippen LogP contribution in [-0.2, 0) is 0 Å². The maximum atomic E-state index is 5.13. The third kappa shape index (κ3) is 3.38. The van der Waals surface area contributed by atoms with Gasteiger partial charge >= 0.3 is 0 Å². The van der Waals surface area contributed by atoms with E-state index < -0.39 is 0 Å². The Morgan fingerprint density at radius 3 is 2.57 bits per heavy atom. The van der Waals surface area contributed by atoms with Gasteiger partial charge in [-0.05, 0) is 43.0 Å². The van der Waals surface area contributed by atoms with Crippen molar-refractivity contribution in [2.75, 3.05) is 13.7 Å². The van der Waals surface area contributed by atoms with Crippen LogP contribution in [0.5, 0.6) is 5.75 Å². The van der Waals surface area contributed by atoms with Crippen molar-refractivity contribution in [2.24, 2.45) is 5.73 Å². The van der Waals surface area contributed by atoms with Crippen LogP contribution in [0.3, 0.4) is 0 Å². The number of ether oxygens (including phenoxy) is 1. The van der Waals surface area contributed by atoms with Gasteiger partial charge in [0.05, 0.1) is 7.11 Å². The summed E-state index contributed by atoms with van der Waals surface area (Å²) in [6.45, 7) is 2.65. The summed E-state index contributed by atoms with van der Waals surface area (Å²) in [6.07, 6.45) is 2.71. The van der Waals surface area contributed by atoms with E-state index in [1.54, 1.807) is 7.11 Å². The normalized spacial score (nSPS) is 14.2. The van der Waals surface area contributed by atoms with Crippen LogP contribution in [0.1, 0.15) is 31.2 Å². The summed E-state index contributed by atoms with van der Waals surface area (Å²) in [5.41, 5.74) is 6.28. The van der Waals surface area contributed by atoms with Gasteiger partial charge in [-0.1, -0.05) is 19.1 Å². The standard InChI is InChI=1S/C10H12O.C2H7N/c1-11-10-4-2-3-9(7-10)8-5-6-8;1-2-3/h2-4,7-8H,5-6H2,1H3;2-3H2,1H3. The van der Waals surface area contributed by atoms with Gasteiger partial charge in [-0.2, -0.15) is 0 Å². The van der Waals surface area contributed by atoms with Crippen LogP contribution >= 0.6 is 0 Å². The summed E-state index contributed by atoms with van der Waals surface area (Å²) in [4.78, 5) is 0. The van der Waals surface area contributed by atoms with Crippen molar-refractivity contribution in [2.45, 2.75) is 25.7 Å². The molecular formula is C12H19NO. The molecule has 1 aromatic rings. The van der Waals surface area contributed by atoms with E-state index in [-0.39, 0.29) is 0 Å². The molecule has 1 aromatic carbocycles. The first-order chi connectivity index (χ1) is 6.81. The molecule has 2 heteroatoms. The average Bonchev–Trinajstić information content (AvgIpc) is 3.02. The van der Waals surface area contributed by atoms with E-state index in [9.17, 15) is 0 Å². The minimum absolute atomic E-state index is 0.750. The summed E-state index contributed by atoms with van der Waals surface area (Å²) in [6, 6.07) is 8.37. The highest BCUT2D eigenvalue weighted by atomic mass is 16.5. The molecule has 0 aliphatic heterocycles. The summed E-state index contributed by atoms with van der Waals surface area (Å²) >= 11 is 0. The molecule has 2 nitrogen and oxygen atoms in total. The van der Waals surface area contributed by atoms with Gasteiger partial charge in [0.15, 0.2) is 0 Å². The van der Waals surface area contributed by atoms with Gasteiger partial charge < -0.3 is 10.5 Å². The van der Waals surface area contributed by atoms with Gasteiger partial charge in [-0.15, -0.1) is 0 Å². The largest absolute Gasteiger partial charge is 0.497 e. The number of hydrogen-bond acceptors (Lipinski definition) is 2. The van der Waals surface area contributed by atoms with Crippen molar-refractivity contribution >= 4 is 0 Å². The summed E-state index contributed by atoms with van der Waals surface area (Å²) in [7, 11) is 1.71. The van der Waals surface area contributed by atoms with Gasteiger partial charge in [0.2, 0.25) is 0 Å². The number of rotatable bonds is 2. The van der Waals surface area contributed by atoms with Crippen LogP contribution in [-0.4, -0.2) is 13.7 Å². The Hall–Kier alpha value is -1.02. The van der Waals surface area contributed by atoms with Crippen LogP contribution in [0, 0.1) is 0 Å². The summed E-state index contributed by atoms with van der Waals surface area (Å²) in [5, 5.41) is 0. The van der Waals surface area contributed by atoms with E-state index >= 15 is 0 Å². The molecule has 1 saturated carbocycles. The lowest BCUT2D eigenvalue weighted by Crippen LogP contribution is -1.87. The predicted molar refractivity (Wildman–Crippen MR) is 59.7 cm³/mol. The zero-order valence-electron chi connectivity index (χ0n) is 8.99. The number of benzene rings is 1. The van der Waals surface area contributed by atoms with E-state index in [1.165, 1.54) is 18.4 Å². The Morgan fingerprint density at radius 2 is 2.07 bits per heavy atom. The van der Waals surface area contributed by atoms with E-state index in [2.05, 4.69) is 18.2 Å². The Morgan fingerprint density at radius 1 is 1.43 bits per heavy atom. The smallest absolute Gasteiger partial charge is 0.119 e. The first-order valence-corrected chi connectivity index (χ1v) is 5.15. The fourth-order valence-corrected chi connectivity index (χ4v) is 1.31. The third-order valence-corrected chi connectivity index (χ3v) is 2.14. The van der Waals surface area contributed by atoms with Crippen molar-refractivity contribution < 1.29 is 4.74 Å². The molecule has 0 bridgehead atoms. The van der Waals surface area contributed by atoms with Gasteiger partial charge in [-0.3, -0.25) is 0 Å². The molecule has 2 N–H and O–H groups in total. The van der Waals surface area contributed by atoms with Crippen molar-refractivity contribution in [1.82, 2.24) is 0 Å². The van der Waals surface area contributed by atoms with Crippen molar-refractivity contribution in [3.63, 3.8) is 0 Å². The predicted octanol–water partition coefficient (Wildman–Crippen LogP) is 2.54. The average molecular weight is 193 g/mol. The lowest BCUT2D eigenvalue weighted by Gasteiger charge is -2.01. The molecule has 1 aliphatic rings. The minimum Gasteiger partial charge on any atom is -0.497 e. The van der Waals surface area contributed by atoms with Crippen molar-refractivity contribution in [1.29, 1.82) is 0 Å². The van der Waals surface area contributed by atoms with E-state index in [0.29, 0.717) is 0 Å². The topological polar surface area (TPSA) is 35.2 Å². The quantitative estimate of drug-likeness (QED) is 0.783. The Balaban J connectivity index is 0.000000293. The highest BCUT2D eigenvalue weighted by Crippen LogP contribution is 2.40. The second-order valence-electron chi connectivity index (χ2n) is 3.46. The summed E-state index contributed by atoms with van der Waals surface area (Å²) < 4.78 is 5.13. The van der Waals surface area contributed by atoms with Gasteiger partial charge in [0.1, 0.15) is 5.75 Å². The fourth-order valence-electron chi connectivity index (χ4n) is 1.31. The lowest BCUT2D eigenvalue weighted by atomic mass is 10.1. The molecule has 0 heterocycles. The van der Waals surface area contributed by atoms with Gasteiger partial charge in [0.25, 0.3) is 0 Å². The Labute approximate surface area is 86.1 Å². The van der Waals surface area contributed by atoms with Gasteiger partial charge in [0, 0.05) is 0 Å². The number of hydrogen-bond donors (Lipinski definition) is 1. The van der Waals surface area contributed by atoms with Crippen molar-refractivity contribution in [3.05, 3.63) is 29.8 Å². The highest BCUT2D eigenvalue weighted by molar-refractivity contribution is 5.32. The van der Waals surface area contributed by atoms with Crippen molar-refractivity contribution in [3.8, 4) is 5.75 Å². The molecule has 0 saturated heterocycles. The van der Waals surface area contributed by atoms with E-state index in [4.69, 9.17) is 10.5 Å². The monoisotopic (exact) mass is 193 g/mol. The Bertz CT molecular complexity index is 269. The molecule has 2 rings (SSSR count). The molecule has 0 amide bonds. The molecule has 0 aromatic heterocycles. The zero-order valence-corrected chi connectivity index (χ0v) is 8.99. The molecule has 1 fully saturated rings. The molecule has 0 spiro atoms. The second kappa shape index (κ2) is 5.66. The van der Waals surface area contributed by atoms with Crippen LogP contribution < -0.4 is 10.5 Å². The molecule has 0 unspecified atom stereocenters. The summed E-state index contributed by atoms with van der Waals surface area (Å²) in [5.74, 6) is 1.81. The number of methoxy groups -OCH3 is 1. The minimum atomic E-state index is 0.750. The Kier molecular flexibility index (Phi) is 4.47. The molecule has 14 heavy (non-hydrogen) atoms.